The lowest BCUT2D eigenvalue weighted by molar-refractivity contribution is 0.619. The molecule has 0 spiro atoms. The van der Waals surface area contributed by atoms with Crippen molar-refractivity contribution in [2.24, 2.45) is 0 Å². The van der Waals surface area contributed by atoms with Crippen molar-refractivity contribution in [3.8, 4) is 67.7 Å². The van der Waals surface area contributed by atoms with Crippen molar-refractivity contribution < 1.29 is 8.83 Å². The predicted octanol–water partition coefficient (Wildman–Crippen LogP) is 12.5. The van der Waals surface area contributed by atoms with E-state index in [1.165, 1.54) is 11.1 Å². The van der Waals surface area contributed by atoms with Crippen LogP contribution in [0.5, 0.6) is 0 Å². The third kappa shape index (κ3) is 5.71. The molecule has 7 aromatic carbocycles. The zero-order valence-corrected chi connectivity index (χ0v) is 29.6. The van der Waals surface area contributed by atoms with Gasteiger partial charge in [0.2, 0.25) is 11.8 Å². The number of rotatable bonds is 6. The van der Waals surface area contributed by atoms with Gasteiger partial charge in [0.05, 0.1) is 22.4 Å². The maximum atomic E-state index is 5.98. The van der Waals surface area contributed by atoms with E-state index in [2.05, 4.69) is 133 Å². The predicted molar refractivity (Wildman–Crippen MR) is 217 cm³/mol. The topological polar surface area (TPSA) is 77.8 Å². The standard InChI is InChI=1S/C48H32N4O2/c1-29-27-41-42(28-30(29)2)50-46(36-21-13-32(14-22-36)34-17-25-38(26-18-34)48-52-40-8-4-6-10-44(40)54-48)45(49-41)35-19-11-31(12-20-35)33-15-23-37(24-16-33)47-51-39-7-3-5-9-43(39)53-47/h3-28H,1-2H3. The van der Waals surface area contributed by atoms with E-state index in [0.29, 0.717) is 11.8 Å². The lowest BCUT2D eigenvalue weighted by Crippen LogP contribution is -1.97. The fourth-order valence-corrected chi connectivity index (χ4v) is 6.96. The number of hydrogen-bond acceptors (Lipinski definition) is 6. The molecule has 256 valence electrons. The van der Waals surface area contributed by atoms with Crippen LogP contribution in [0.1, 0.15) is 11.1 Å². The second-order valence-electron chi connectivity index (χ2n) is 13.6. The molecule has 3 aromatic heterocycles. The molecule has 10 aromatic rings. The van der Waals surface area contributed by atoms with Gasteiger partial charge in [-0.3, -0.25) is 0 Å². The van der Waals surface area contributed by atoms with Crippen molar-refractivity contribution in [1.29, 1.82) is 0 Å². The molecule has 0 fully saturated rings. The van der Waals surface area contributed by atoms with E-state index in [-0.39, 0.29) is 0 Å². The molecule has 6 heteroatoms. The highest BCUT2D eigenvalue weighted by Gasteiger charge is 2.16. The summed E-state index contributed by atoms with van der Waals surface area (Å²) < 4.78 is 12.0. The highest BCUT2D eigenvalue weighted by molar-refractivity contribution is 5.88. The van der Waals surface area contributed by atoms with Crippen LogP contribution in [-0.2, 0) is 0 Å². The summed E-state index contributed by atoms with van der Waals surface area (Å²) in [5, 5.41) is 0. The summed E-state index contributed by atoms with van der Waals surface area (Å²) in [7, 11) is 0. The van der Waals surface area contributed by atoms with E-state index in [0.717, 1.165) is 89.1 Å². The number of aromatic nitrogens is 4. The van der Waals surface area contributed by atoms with Gasteiger partial charge in [-0.1, -0.05) is 97.1 Å². The van der Waals surface area contributed by atoms with Crippen molar-refractivity contribution >= 4 is 33.2 Å². The van der Waals surface area contributed by atoms with Gasteiger partial charge >= 0.3 is 0 Å². The molecule has 0 aliphatic heterocycles. The summed E-state index contributed by atoms with van der Waals surface area (Å²) in [5.41, 5.74) is 17.4. The molecule has 0 unspecified atom stereocenters. The molecule has 0 N–H and O–H groups in total. The number of nitrogens with zero attached hydrogens (tertiary/aromatic N) is 4. The minimum absolute atomic E-state index is 0.619. The van der Waals surface area contributed by atoms with E-state index < -0.39 is 0 Å². The lowest BCUT2D eigenvalue weighted by Gasteiger charge is -2.13. The Bertz CT molecular complexity index is 2710. The highest BCUT2D eigenvalue weighted by atomic mass is 16.4. The quantitative estimate of drug-likeness (QED) is 0.172. The molecule has 0 amide bonds. The number of fused-ring (bicyclic) bond motifs is 3. The fourth-order valence-electron chi connectivity index (χ4n) is 6.96. The molecule has 0 saturated carbocycles. The number of aryl methyl sites for hydroxylation is 2. The largest absolute Gasteiger partial charge is 0.436 e. The van der Waals surface area contributed by atoms with Crippen LogP contribution in [0.3, 0.4) is 0 Å². The molecule has 0 radical (unpaired) electrons. The van der Waals surface area contributed by atoms with Crippen molar-refractivity contribution in [1.82, 2.24) is 19.9 Å². The van der Waals surface area contributed by atoms with Crippen LogP contribution in [0.4, 0.5) is 0 Å². The summed E-state index contributed by atoms with van der Waals surface area (Å²) in [5.74, 6) is 1.24. The Morgan fingerprint density at radius 1 is 0.315 bits per heavy atom. The van der Waals surface area contributed by atoms with E-state index in [9.17, 15) is 0 Å². The van der Waals surface area contributed by atoms with E-state index in [1.807, 2.05) is 48.5 Å². The van der Waals surface area contributed by atoms with Crippen LogP contribution in [0, 0.1) is 13.8 Å². The number of hydrogen-bond donors (Lipinski definition) is 0. The number of para-hydroxylation sites is 4. The Morgan fingerprint density at radius 3 is 0.981 bits per heavy atom. The van der Waals surface area contributed by atoms with Crippen LogP contribution in [0.15, 0.2) is 167 Å². The zero-order valence-electron chi connectivity index (χ0n) is 29.6. The molecule has 0 bridgehead atoms. The smallest absolute Gasteiger partial charge is 0.227 e. The van der Waals surface area contributed by atoms with Gasteiger partial charge in [0.1, 0.15) is 11.0 Å². The van der Waals surface area contributed by atoms with Crippen LogP contribution < -0.4 is 0 Å². The van der Waals surface area contributed by atoms with Gasteiger partial charge in [-0.2, -0.15) is 0 Å². The van der Waals surface area contributed by atoms with Crippen LogP contribution in [0.2, 0.25) is 0 Å². The van der Waals surface area contributed by atoms with Gasteiger partial charge in [-0.15, -0.1) is 0 Å². The summed E-state index contributed by atoms with van der Waals surface area (Å²) >= 11 is 0. The summed E-state index contributed by atoms with van der Waals surface area (Å²) in [6.45, 7) is 4.24. The Kier molecular flexibility index (Phi) is 7.47. The Labute approximate surface area is 311 Å². The van der Waals surface area contributed by atoms with Gasteiger partial charge in [0.15, 0.2) is 11.2 Å². The molecular formula is C48H32N4O2. The van der Waals surface area contributed by atoms with Crippen molar-refractivity contribution in [3.63, 3.8) is 0 Å². The van der Waals surface area contributed by atoms with Crippen LogP contribution in [0.25, 0.3) is 101 Å². The second kappa shape index (κ2) is 12.8. The zero-order chi connectivity index (χ0) is 36.2. The van der Waals surface area contributed by atoms with Gasteiger partial charge in [0, 0.05) is 22.3 Å². The molecule has 0 aliphatic rings. The van der Waals surface area contributed by atoms with Gasteiger partial charge < -0.3 is 8.83 Å². The Balaban J connectivity index is 0.960. The maximum Gasteiger partial charge on any atom is 0.227 e. The first-order valence-corrected chi connectivity index (χ1v) is 18.0. The van der Waals surface area contributed by atoms with Crippen LogP contribution in [-0.4, -0.2) is 19.9 Å². The van der Waals surface area contributed by atoms with Crippen molar-refractivity contribution in [2.45, 2.75) is 13.8 Å². The first-order valence-electron chi connectivity index (χ1n) is 18.0. The number of oxazole rings is 2. The van der Waals surface area contributed by atoms with Gasteiger partial charge in [-0.05, 0) is 108 Å². The molecule has 10 rings (SSSR count). The normalized spacial score (nSPS) is 11.5. The Morgan fingerprint density at radius 2 is 0.630 bits per heavy atom. The van der Waals surface area contributed by atoms with Gasteiger partial charge in [-0.25, -0.2) is 19.9 Å². The minimum atomic E-state index is 0.619. The van der Waals surface area contributed by atoms with Gasteiger partial charge in [0.25, 0.3) is 0 Å². The third-order valence-corrected chi connectivity index (χ3v) is 10.1. The van der Waals surface area contributed by atoms with Crippen molar-refractivity contribution in [2.75, 3.05) is 0 Å². The molecule has 0 atom stereocenters. The number of benzene rings is 7. The highest BCUT2D eigenvalue weighted by Crippen LogP contribution is 2.35. The summed E-state index contributed by atoms with van der Waals surface area (Å²) in [4.78, 5) is 19.8. The van der Waals surface area contributed by atoms with E-state index in [4.69, 9.17) is 18.8 Å². The molecule has 6 nitrogen and oxygen atoms in total. The average molecular weight is 697 g/mol. The SMILES string of the molecule is Cc1cc2nc(-c3ccc(-c4ccc(-c5nc6ccccc6o5)cc4)cc3)c(-c3ccc(-c4ccc(-c5nc6ccccc6o5)cc4)cc3)nc2cc1C. The second-order valence-corrected chi connectivity index (χ2v) is 13.6. The van der Waals surface area contributed by atoms with Crippen LogP contribution >= 0.6 is 0 Å². The first kappa shape index (κ1) is 31.5. The van der Waals surface area contributed by atoms with E-state index in [1.54, 1.807) is 0 Å². The lowest BCUT2D eigenvalue weighted by atomic mass is 9.97. The first-order chi connectivity index (χ1) is 26.5. The maximum absolute atomic E-state index is 5.98. The molecule has 0 aliphatic carbocycles. The fraction of sp³-hybridized carbons (Fsp3) is 0.0417. The Hall–Kier alpha value is -7.18. The monoisotopic (exact) mass is 696 g/mol. The minimum Gasteiger partial charge on any atom is -0.436 e. The van der Waals surface area contributed by atoms with Crippen molar-refractivity contribution in [3.05, 3.63) is 169 Å². The molecular weight excluding hydrogens is 665 g/mol. The molecule has 3 heterocycles. The molecule has 54 heavy (non-hydrogen) atoms. The summed E-state index contributed by atoms with van der Waals surface area (Å²) in [6, 6.07) is 53.7. The average Bonchev–Trinajstić information content (AvgIpc) is 3.87. The molecule has 0 saturated heterocycles. The van der Waals surface area contributed by atoms with E-state index >= 15 is 0 Å². The third-order valence-electron chi connectivity index (χ3n) is 10.1. The summed E-state index contributed by atoms with van der Waals surface area (Å²) in [6.07, 6.45) is 0.